The predicted octanol–water partition coefficient (Wildman–Crippen LogP) is 2.67. The molecule has 0 saturated carbocycles. The van der Waals surface area contributed by atoms with Crippen molar-refractivity contribution in [3.05, 3.63) is 35.1 Å². The predicted molar refractivity (Wildman–Crippen MR) is 51.9 cm³/mol. The van der Waals surface area contributed by atoms with Gasteiger partial charge in [0, 0.05) is 6.42 Å². The third kappa shape index (κ3) is 3.16. The summed E-state index contributed by atoms with van der Waals surface area (Å²) in [5, 5.41) is 0. The molecule has 0 saturated heterocycles. The molecule has 1 nitrogen and oxygen atoms in total. The summed E-state index contributed by atoms with van der Waals surface area (Å²) in [5.41, 5.74) is 4.23. The third-order valence-electron chi connectivity index (χ3n) is 1.72. The minimum Gasteiger partial charge on any atom is -0.393 e. The van der Waals surface area contributed by atoms with Gasteiger partial charge in [-0.25, -0.2) is 4.39 Å². The Kier molecular flexibility index (Phi) is 3.28. The fourth-order valence-electron chi connectivity index (χ4n) is 1.10. The van der Waals surface area contributed by atoms with Crippen LogP contribution in [0.5, 0.6) is 0 Å². The molecule has 0 amide bonds. The largest absolute Gasteiger partial charge is 0.419 e. The Morgan fingerprint density at radius 1 is 1.33 bits per heavy atom. The topological polar surface area (TPSA) is 26.0 Å². The zero-order valence-electron chi connectivity index (χ0n) is 7.44. The van der Waals surface area contributed by atoms with E-state index < -0.39 is 17.6 Å². The van der Waals surface area contributed by atoms with Gasteiger partial charge in [0.15, 0.2) is 0 Å². The second kappa shape index (κ2) is 4.14. The van der Waals surface area contributed by atoms with Gasteiger partial charge in [-0.05, 0) is 17.7 Å². The van der Waals surface area contributed by atoms with Gasteiger partial charge in [-0.3, -0.25) is 0 Å². The molecule has 1 aromatic carbocycles. The number of nitrogens with two attached hydrogens (primary N) is 1. The Balaban J connectivity index is 3.04. The molecule has 0 aromatic heterocycles. The van der Waals surface area contributed by atoms with E-state index in [1.54, 1.807) is 0 Å². The molecule has 15 heavy (non-hydrogen) atoms. The van der Waals surface area contributed by atoms with Crippen molar-refractivity contribution < 1.29 is 17.6 Å². The van der Waals surface area contributed by atoms with Gasteiger partial charge in [0.05, 0.1) is 10.6 Å². The average molecular weight is 237 g/mol. The molecule has 0 aliphatic carbocycles. The van der Waals surface area contributed by atoms with Crippen LogP contribution in [0.15, 0.2) is 18.2 Å². The van der Waals surface area contributed by atoms with Gasteiger partial charge in [0.1, 0.15) is 5.82 Å². The van der Waals surface area contributed by atoms with E-state index in [0.29, 0.717) is 11.6 Å². The normalized spacial score (nSPS) is 11.5. The van der Waals surface area contributed by atoms with Crippen LogP contribution >= 0.6 is 12.2 Å². The molecular weight excluding hydrogens is 230 g/mol. The van der Waals surface area contributed by atoms with Crippen molar-refractivity contribution in [2.24, 2.45) is 5.73 Å². The van der Waals surface area contributed by atoms with E-state index in [1.807, 2.05) is 0 Å². The Hall–Kier alpha value is -1.17. The molecule has 0 aliphatic heterocycles. The van der Waals surface area contributed by atoms with E-state index in [9.17, 15) is 17.6 Å². The summed E-state index contributed by atoms with van der Waals surface area (Å²) >= 11 is 4.56. The summed E-state index contributed by atoms with van der Waals surface area (Å²) in [5.74, 6) is -1.31. The fraction of sp³-hybridized carbons (Fsp3) is 0.222. The SMILES string of the molecule is NC(=S)Cc1ccc(C(F)(F)F)c(F)c1. The molecule has 1 rings (SSSR count). The first-order valence-corrected chi connectivity index (χ1v) is 4.35. The fourth-order valence-corrected chi connectivity index (χ4v) is 1.27. The van der Waals surface area contributed by atoms with E-state index in [-0.39, 0.29) is 11.4 Å². The minimum atomic E-state index is -4.67. The quantitative estimate of drug-likeness (QED) is 0.632. The second-order valence-corrected chi connectivity index (χ2v) is 3.48. The first-order chi connectivity index (χ1) is 6.80. The van der Waals surface area contributed by atoms with Crippen LogP contribution in [0.1, 0.15) is 11.1 Å². The maximum Gasteiger partial charge on any atom is 0.419 e. The molecule has 0 radical (unpaired) electrons. The Labute approximate surface area is 88.9 Å². The van der Waals surface area contributed by atoms with Gasteiger partial charge in [-0.15, -0.1) is 0 Å². The third-order valence-corrected chi connectivity index (χ3v) is 1.86. The van der Waals surface area contributed by atoms with Gasteiger partial charge in [0.2, 0.25) is 0 Å². The molecule has 0 heterocycles. The molecular formula is C9H7F4NS. The van der Waals surface area contributed by atoms with Crippen molar-refractivity contribution in [1.82, 2.24) is 0 Å². The van der Waals surface area contributed by atoms with Gasteiger partial charge in [0.25, 0.3) is 0 Å². The van der Waals surface area contributed by atoms with E-state index in [2.05, 4.69) is 12.2 Å². The first kappa shape index (κ1) is 11.9. The van der Waals surface area contributed by atoms with Crippen LogP contribution in [0.4, 0.5) is 17.6 Å². The molecule has 0 spiro atoms. The molecule has 0 aliphatic rings. The molecule has 1 aromatic rings. The summed E-state index contributed by atoms with van der Waals surface area (Å²) in [6, 6.07) is 2.63. The number of halogens is 4. The van der Waals surface area contributed by atoms with Crippen LogP contribution in [0.25, 0.3) is 0 Å². The van der Waals surface area contributed by atoms with E-state index in [0.717, 1.165) is 12.1 Å². The highest BCUT2D eigenvalue weighted by molar-refractivity contribution is 7.80. The first-order valence-electron chi connectivity index (χ1n) is 3.94. The number of rotatable bonds is 2. The van der Waals surface area contributed by atoms with Crippen LogP contribution in [0, 0.1) is 5.82 Å². The lowest BCUT2D eigenvalue weighted by Crippen LogP contribution is -2.13. The zero-order valence-corrected chi connectivity index (χ0v) is 8.25. The second-order valence-electron chi connectivity index (χ2n) is 2.96. The number of hydrogen-bond acceptors (Lipinski definition) is 1. The number of benzene rings is 1. The maximum atomic E-state index is 13.0. The zero-order chi connectivity index (χ0) is 11.6. The van der Waals surface area contributed by atoms with Crippen molar-refractivity contribution in [1.29, 1.82) is 0 Å². The maximum absolute atomic E-state index is 13.0. The van der Waals surface area contributed by atoms with Gasteiger partial charge in [-0.2, -0.15) is 13.2 Å². The minimum absolute atomic E-state index is 0.0877. The monoisotopic (exact) mass is 237 g/mol. The molecule has 82 valence electrons. The van der Waals surface area contributed by atoms with Gasteiger partial charge in [-0.1, -0.05) is 18.3 Å². The molecule has 2 N–H and O–H groups in total. The number of alkyl halides is 3. The molecule has 0 fully saturated rings. The summed E-state index contributed by atoms with van der Waals surface area (Å²) in [7, 11) is 0. The van der Waals surface area contributed by atoms with Crippen molar-refractivity contribution in [3.63, 3.8) is 0 Å². The van der Waals surface area contributed by atoms with Crippen LogP contribution in [-0.2, 0) is 12.6 Å². The van der Waals surface area contributed by atoms with Crippen molar-refractivity contribution in [3.8, 4) is 0 Å². The van der Waals surface area contributed by atoms with Crippen LogP contribution in [-0.4, -0.2) is 4.99 Å². The summed E-state index contributed by atoms with van der Waals surface area (Å²) < 4.78 is 49.4. The lowest BCUT2D eigenvalue weighted by atomic mass is 10.1. The van der Waals surface area contributed by atoms with E-state index >= 15 is 0 Å². The smallest absolute Gasteiger partial charge is 0.393 e. The number of thiocarbonyl (C=S) groups is 1. The summed E-state index contributed by atoms with van der Waals surface area (Å²) in [6.07, 6.45) is -4.59. The van der Waals surface area contributed by atoms with Crippen LogP contribution < -0.4 is 5.73 Å². The Bertz CT molecular complexity index is 386. The summed E-state index contributed by atoms with van der Waals surface area (Å²) in [4.78, 5) is 0.106. The molecule has 6 heteroatoms. The van der Waals surface area contributed by atoms with E-state index in [1.165, 1.54) is 0 Å². The van der Waals surface area contributed by atoms with Crippen molar-refractivity contribution in [2.75, 3.05) is 0 Å². The average Bonchev–Trinajstić information content (AvgIpc) is 1.99. The van der Waals surface area contributed by atoms with Crippen LogP contribution in [0.3, 0.4) is 0 Å². The standard InChI is InChI=1S/C9H7F4NS/c10-7-3-5(4-8(14)15)1-2-6(7)9(11,12)13/h1-3H,4H2,(H2,14,15). The van der Waals surface area contributed by atoms with Gasteiger partial charge < -0.3 is 5.73 Å². The molecule has 0 atom stereocenters. The highest BCUT2D eigenvalue weighted by Gasteiger charge is 2.33. The Morgan fingerprint density at radius 3 is 2.33 bits per heavy atom. The highest BCUT2D eigenvalue weighted by atomic mass is 32.1. The van der Waals surface area contributed by atoms with E-state index in [4.69, 9.17) is 5.73 Å². The lowest BCUT2D eigenvalue weighted by molar-refractivity contribution is -0.140. The van der Waals surface area contributed by atoms with Crippen LogP contribution in [0.2, 0.25) is 0 Å². The highest BCUT2D eigenvalue weighted by Crippen LogP contribution is 2.31. The lowest BCUT2D eigenvalue weighted by Gasteiger charge is -2.08. The van der Waals surface area contributed by atoms with Gasteiger partial charge >= 0.3 is 6.18 Å². The van der Waals surface area contributed by atoms with Crippen molar-refractivity contribution >= 4 is 17.2 Å². The summed E-state index contributed by atoms with van der Waals surface area (Å²) in [6.45, 7) is 0. The van der Waals surface area contributed by atoms with Crippen molar-refractivity contribution in [2.45, 2.75) is 12.6 Å². The molecule has 0 bridgehead atoms. The molecule has 0 unspecified atom stereocenters. The number of hydrogen-bond donors (Lipinski definition) is 1. The Morgan fingerprint density at radius 2 is 1.93 bits per heavy atom.